The molecular formula is C18H29N3O3. The van der Waals surface area contributed by atoms with Crippen LogP contribution in [0.25, 0.3) is 0 Å². The summed E-state index contributed by atoms with van der Waals surface area (Å²) in [7, 11) is 0. The second kappa shape index (κ2) is 11.0. The minimum atomic E-state index is -0.122. The number of hydrogen-bond donors (Lipinski definition) is 2. The molecule has 0 atom stereocenters. The van der Waals surface area contributed by atoms with Crippen molar-refractivity contribution in [2.75, 3.05) is 46.0 Å². The number of nitrogens with one attached hydrogen (secondary N) is 2. The quantitative estimate of drug-likeness (QED) is 0.675. The van der Waals surface area contributed by atoms with Gasteiger partial charge in [-0.05, 0) is 31.0 Å². The van der Waals surface area contributed by atoms with Crippen LogP contribution in [-0.4, -0.2) is 56.9 Å². The molecule has 0 saturated carbocycles. The lowest BCUT2D eigenvalue weighted by molar-refractivity contribution is 0.0375. The Balaban J connectivity index is 1.62. The van der Waals surface area contributed by atoms with Gasteiger partial charge in [-0.25, -0.2) is 4.79 Å². The Morgan fingerprint density at radius 2 is 1.96 bits per heavy atom. The van der Waals surface area contributed by atoms with Gasteiger partial charge >= 0.3 is 6.03 Å². The van der Waals surface area contributed by atoms with E-state index >= 15 is 0 Å². The SMILES string of the molecule is CCOCc1ccccc1CNC(=O)NCCCN1CCOCC1. The van der Waals surface area contributed by atoms with E-state index in [1.54, 1.807) is 0 Å². The molecule has 2 rings (SSSR count). The smallest absolute Gasteiger partial charge is 0.315 e. The fourth-order valence-corrected chi connectivity index (χ4v) is 2.65. The Kier molecular flexibility index (Phi) is 8.59. The molecule has 0 unspecified atom stereocenters. The Labute approximate surface area is 144 Å². The average Bonchev–Trinajstić information content (AvgIpc) is 2.63. The van der Waals surface area contributed by atoms with E-state index in [4.69, 9.17) is 9.47 Å². The van der Waals surface area contributed by atoms with Crippen molar-refractivity contribution in [3.8, 4) is 0 Å². The summed E-state index contributed by atoms with van der Waals surface area (Å²) < 4.78 is 10.8. The van der Waals surface area contributed by atoms with Crippen LogP contribution in [0, 0.1) is 0 Å². The van der Waals surface area contributed by atoms with Gasteiger partial charge in [-0.2, -0.15) is 0 Å². The molecule has 1 aromatic carbocycles. The molecule has 0 spiro atoms. The predicted octanol–water partition coefficient (Wildman–Crippen LogP) is 1.74. The van der Waals surface area contributed by atoms with E-state index in [0.29, 0.717) is 26.3 Å². The van der Waals surface area contributed by atoms with E-state index in [2.05, 4.69) is 15.5 Å². The van der Waals surface area contributed by atoms with Crippen LogP contribution in [0.1, 0.15) is 24.5 Å². The highest BCUT2D eigenvalue weighted by Crippen LogP contribution is 2.09. The molecule has 6 heteroatoms. The third kappa shape index (κ3) is 6.86. The van der Waals surface area contributed by atoms with Crippen molar-refractivity contribution in [2.24, 2.45) is 0 Å². The van der Waals surface area contributed by atoms with Crippen LogP contribution in [0.5, 0.6) is 0 Å². The van der Waals surface area contributed by atoms with Gasteiger partial charge in [-0.3, -0.25) is 4.90 Å². The lowest BCUT2D eigenvalue weighted by Gasteiger charge is -2.26. The first-order valence-electron chi connectivity index (χ1n) is 8.76. The standard InChI is InChI=1S/C18H29N3O3/c1-2-23-15-17-7-4-3-6-16(17)14-20-18(22)19-8-5-9-21-10-12-24-13-11-21/h3-4,6-7H,2,5,8-15H2,1H3,(H2,19,20,22). The molecule has 0 bridgehead atoms. The van der Waals surface area contributed by atoms with Crippen molar-refractivity contribution >= 4 is 6.03 Å². The van der Waals surface area contributed by atoms with Crippen LogP contribution < -0.4 is 10.6 Å². The summed E-state index contributed by atoms with van der Waals surface area (Å²) in [5, 5.41) is 5.83. The zero-order chi connectivity index (χ0) is 17.0. The number of benzene rings is 1. The van der Waals surface area contributed by atoms with Crippen LogP contribution in [0.2, 0.25) is 0 Å². The first-order chi connectivity index (χ1) is 11.8. The van der Waals surface area contributed by atoms with E-state index in [-0.39, 0.29) is 6.03 Å². The Hall–Kier alpha value is -1.63. The largest absolute Gasteiger partial charge is 0.379 e. The highest BCUT2D eigenvalue weighted by Gasteiger charge is 2.09. The number of morpholine rings is 1. The van der Waals surface area contributed by atoms with Crippen LogP contribution in [0.15, 0.2) is 24.3 Å². The van der Waals surface area contributed by atoms with Crippen molar-refractivity contribution in [3.63, 3.8) is 0 Å². The maximum absolute atomic E-state index is 11.9. The van der Waals surface area contributed by atoms with Crippen molar-refractivity contribution in [1.29, 1.82) is 0 Å². The van der Waals surface area contributed by atoms with E-state index in [0.717, 1.165) is 50.4 Å². The second-order valence-electron chi connectivity index (χ2n) is 5.82. The lowest BCUT2D eigenvalue weighted by Crippen LogP contribution is -2.39. The van der Waals surface area contributed by atoms with Gasteiger partial charge in [0.1, 0.15) is 0 Å². The molecule has 1 aliphatic heterocycles. The molecule has 24 heavy (non-hydrogen) atoms. The lowest BCUT2D eigenvalue weighted by atomic mass is 10.1. The molecular weight excluding hydrogens is 306 g/mol. The summed E-state index contributed by atoms with van der Waals surface area (Å²) in [6, 6.07) is 7.90. The monoisotopic (exact) mass is 335 g/mol. The number of rotatable bonds is 9. The van der Waals surface area contributed by atoms with Crippen LogP contribution >= 0.6 is 0 Å². The molecule has 1 aliphatic rings. The van der Waals surface area contributed by atoms with E-state index in [9.17, 15) is 4.79 Å². The maximum atomic E-state index is 11.9. The summed E-state index contributed by atoms with van der Waals surface area (Å²) in [6.07, 6.45) is 0.953. The van der Waals surface area contributed by atoms with E-state index < -0.39 is 0 Å². The van der Waals surface area contributed by atoms with Crippen molar-refractivity contribution in [1.82, 2.24) is 15.5 Å². The number of urea groups is 1. The summed E-state index contributed by atoms with van der Waals surface area (Å²) in [6.45, 7) is 9.05. The molecule has 0 aliphatic carbocycles. The number of nitrogens with zero attached hydrogens (tertiary/aromatic N) is 1. The molecule has 1 aromatic rings. The minimum Gasteiger partial charge on any atom is -0.379 e. The van der Waals surface area contributed by atoms with E-state index in [1.807, 2.05) is 31.2 Å². The summed E-state index contributed by atoms with van der Waals surface area (Å²) in [5.41, 5.74) is 2.21. The zero-order valence-electron chi connectivity index (χ0n) is 14.6. The fraction of sp³-hybridized carbons (Fsp3) is 0.611. The number of carbonyl (C=O) groups excluding carboxylic acids is 1. The molecule has 2 N–H and O–H groups in total. The first kappa shape index (κ1) is 18.7. The molecule has 1 heterocycles. The highest BCUT2D eigenvalue weighted by molar-refractivity contribution is 5.73. The topological polar surface area (TPSA) is 62.8 Å². The van der Waals surface area contributed by atoms with Gasteiger partial charge in [0.15, 0.2) is 0 Å². The van der Waals surface area contributed by atoms with Gasteiger partial charge in [0.2, 0.25) is 0 Å². The normalized spacial score (nSPS) is 15.2. The number of amides is 2. The number of hydrogen-bond acceptors (Lipinski definition) is 4. The van der Waals surface area contributed by atoms with Crippen LogP contribution in [0.3, 0.4) is 0 Å². The Bertz CT molecular complexity index is 490. The molecule has 6 nitrogen and oxygen atoms in total. The van der Waals surface area contributed by atoms with Gasteiger partial charge in [-0.15, -0.1) is 0 Å². The molecule has 2 amide bonds. The third-order valence-corrected chi connectivity index (χ3v) is 4.06. The zero-order valence-corrected chi connectivity index (χ0v) is 14.6. The van der Waals surface area contributed by atoms with Crippen molar-refractivity contribution < 1.29 is 14.3 Å². The van der Waals surface area contributed by atoms with Gasteiger partial charge in [0.05, 0.1) is 19.8 Å². The Morgan fingerprint density at radius 1 is 1.21 bits per heavy atom. The van der Waals surface area contributed by atoms with Crippen LogP contribution in [-0.2, 0) is 22.6 Å². The van der Waals surface area contributed by atoms with Crippen molar-refractivity contribution in [3.05, 3.63) is 35.4 Å². The summed E-state index contributed by atoms with van der Waals surface area (Å²) >= 11 is 0. The van der Waals surface area contributed by atoms with Gasteiger partial charge in [-0.1, -0.05) is 24.3 Å². The molecule has 134 valence electrons. The van der Waals surface area contributed by atoms with Gasteiger partial charge in [0.25, 0.3) is 0 Å². The number of ether oxygens (including phenoxy) is 2. The van der Waals surface area contributed by atoms with Crippen molar-refractivity contribution in [2.45, 2.75) is 26.5 Å². The molecule has 1 saturated heterocycles. The first-order valence-corrected chi connectivity index (χ1v) is 8.76. The fourth-order valence-electron chi connectivity index (χ4n) is 2.65. The second-order valence-corrected chi connectivity index (χ2v) is 5.82. The minimum absolute atomic E-state index is 0.122. The molecule has 0 aromatic heterocycles. The van der Waals surface area contributed by atoms with Crippen LogP contribution in [0.4, 0.5) is 4.79 Å². The highest BCUT2D eigenvalue weighted by atomic mass is 16.5. The average molecular weight is 335 g/mol. The molecule has 1 fully saturated rings. The third-order valence-electron chi connectivity index (χ3n) is 4.06. The van der Waals surface area contributed by atoms with E-state index in [1.165, 1.54) is 0 Å². The summed E-state index contributed by atoms with van der Waals surface area (Å²) in [5.74, 6) is 0. The number of carbonyl (C=O) groups is 1. The predicted molar refractivity (Wildman–Crippen MR) is 93.9 cm³/mol. The Morgan fingerprint density at radius 3 is 2.71 bits per heavy atom. The van der Waals surface area contributed by atoms with Gasteiger partial charge < -0.3 is 20.1 Å². The summed E-state index contributed by atoms with van der Waals surface area (Å²) in [4.78, 5) is 14.3. The maximum Gasteiger partial charge on any atom is 0.315 e. The molecule has 0 radical (unpaired) electrons. The van der Waals surface area contributed by atoms with Gasteiger partial charge in [0, 0.05) is 32.8 Å².